The summed E-state index contributed by atoms with van der Waals surface area (Å²) in [4.78, 5) is 31.0. The maximum Gasteiger partial charge on any atom is 0.460 e. The second-order valence-corrected chi connectivity index (χ2v) is 11.5. The lowest BCUT2D eigenvalue weighted by molar-refractivity contribution is -0.360. The molecule has 1 aliphatic rings. The second kappa shape index (κ2) is 12.3. The summed E-state index contributed by atoms with van der Waals surface area (Å²) in [5.41, 5.74) is -1.01. The van der Waals surface area contributed by atoms with Crippen LogP contribution in [0.25, 0.3) is 5.82 Å². The van der Waals surface area contributed by atoms with Gasteiger partial charge in [0.05, 0.1) is 23.5 Å². The molecule has 3 heterocycles. The van der Waals surface area contributed by atoms with Crippen molar-refractivity contribution in [2.45, 2.75) is 50.8 Å². The molecule has 1 aliphatic carbocycles. The van der Waals surface area contributed by atoms with Crippen LogP contribution in [-0.4, -0.2) is 60.1 Å². The highest BCUT2D eigenvalue weighted by molar-refractivity contribution is 6.32. The van der Waals surface area contributed by atoms with E-state index in [9.17, 15) is 40.3 Å². The number of alkyl halides is 7. The molecule has 5 rings (SSSR count). The van der Waals surface area contributed by atoms with E-state index in [1.165, 1.54) is 30.5 Å². The van der Waals surface area contributed by atoms with Crippen molar-refractivity contribution in [1.82, 2.24) is 35.1 Å². The standard InChI is InChI=1S/C28H22Cl2F7N7O2/c1-14-7-16(29)8-19(25(46)39-11-15-4-5-15)18(14)10-22(45)21-9-17(41-44(21)24-20(30)3-2-6-38-24)12-43-13-23(40-42-43)26(31,32)27(33,34)28(35,36)37/h2-3,6-9,13,15H,4-5,10-12H2,1H3,(H,39,46). The van der Waals surface area contributed by atoms with E-state index in [0.29, 0.717) is 28.3 Å². The number of rotatable bonds is 11. The first-order valence-electron chi connectivity index (χ1n) is 13.5. The van der Waals surface area contributed by atoms with Crippen molar-refractivity contribution in [2.75, 3.05) is 6.54 Å². The van der Waals surface area contributed by atoms with E-state index in [1.807, 2.05) is 0 Å². The first-order chi connectivity index (χ1) is 21.5. The summed E-state index contributed by atoms with van der Waals surface area (Å²) in [6.07, 6.45) is -3.30. The number of carbonyl (C=O) groups excluding carboxylic acids is 2. The zero-order chi connectivity index (χ0) is 33.6. The number of nitrogens with zero attached hydrogens (tertiary/aromatic N) is 6. The zero-order valence-electron chi connectivity index (χ0n) is 23.6. The SMILES string of the molecule is Cc1cc(Cl)cc(C(=O)NCC2CC2)c1CC(=O)c1cc(Cn2cc(C(F)(F)C(F)(F)C(F)(F)F)nn2)nn1-c1ncccc1Cl. The molecule has 0 bridgehead atoms. The number of hydrogen-bond acceptors (Lipinski definition) is 6. The van der Waals surface area contributed by atoms with Crippen LogP contribution in [0.15, 0.2) is 42.7 Å². The van der Waals surface area contributed by atoms with Crippen molar-refractivity contribution >= 4 is 34.9 Å². The van der Waals surface area contributed by atoms with Gasteiger partial charge in [0.1, 0.15) is 5.69 Å². The van der Waals surface area contributed by atoms with Gasteiger partial charge in [-0.2, -0.15) is 35.8 Å². The van der Waals surface area contributed by atoms with Gasteiger partial charge in [0.15, 0.2) is 17.3 Å². The molecule has 1 saturated carbocycles. The molecule has 1 amide bonds. The molecule has 1 N–H and O–H groups in total. The number of halogens is 9. The van der Waals surface area contributed by atoms with E-state index in [4.69, 9.17) is 23.2 Å². The summed E-state index contributed by atoms with van der Waals surface area (Å²) in [5, 5.41) is 13.5. The van der Waals surface area contributed by atoms with Crippen LogP contribution < -0.4 is 5.32 Å². The fourth-order valence-corrected chi connectivity index (χ4v) is 5.02. The maximum atomic E-state index is 14.2. The van der Waals surface area contributed by atoms with Crippen molar-refractivity contribution in [2.24, 2.45) is 5.92 Å². The number of hydrogen-bond donors (Lipinski definition) is 1. The first-order valence-corrected chi connectivity index (χ1v) is 14.3. The lowest BCUT2D eigenvalue weighted by Gasteiger charge is -2.26. The van der Waals surface area contributed by atoms with E-state index in [1.54, 1.807) is 13.0 Å². The van der Waals surface area contributed by atoms with Crippen molar-refractivity contribution in [3.8, 4) is 5.82 Å². The second-order valence-electron chi connectivity index (χ2n) is 10.7. The van der Waals surface area contributed by atoms with Crippen molar-refractivity contribution in [3.63, 3.8) is 0 Å². The molecule has 18 heteroatoms. The molecule has 0 radical (unpaired) electrons. The number of Topliss-reactive ketones (excluding diaryl/α,β-unsaturated/α-hetero) is 1. The Balaban J connectivity index is 1.48. The highest BCUT2D eigenvalue weighted by Crippen LogP contribution is 2.51. The third-order valence-electron chi connectivity index (χ3n) is 7.19. The minimum Gasteiger partial charge on any atom is -0.352 e. The molecule has 0 atom stereocenters. The Labute approximate surface area is 265 Å². The topological polar surface area (TPSA) is 108 Å². The highest BCUT2D eigenvalue weighted by Gasteiger charge is 2.74. The number of pyridine rings is 1. The minimum absolute atomic E-state index is 0.00960. The zero-order valence-corrected chi connectivity index (χ0v) is 25.1. The minimum atomic E-state index is -6.56. The van der Waals surface area contributed by atoms with Crippen LogP contribution >= 0.6 is 23.2 Å². The molecule has 4 aromatic rings. The fourth-order valence-electron chi connectivity index (χ4n) is 4.54. The Hall–Kier alpha value is -4.05. The first kappa shape index (κ1) is 33.3. The number of amides is 1. The van der Waals surface area contributed by atoms with Gasteiger partial charge < -0.3 is 5.32 Å². The van der Waals surface area contributed by atoms with Gasteiger partial charge in [-0.25, -0.2) is 14.3 Å². The maximum absolute atomic E-state index is 14.2. The molecule has 0 aliphatic heterocycles. The molecule has 1 fully saturated rings. The number of aromatic nitrogens is 6. The van der Waals surface area contributed by atoms with Crippen molar-refractivity contribution < 1.29 is 40.3 Å². The number of nitrogens with one attached hydrogen (secondary N) is 1. The number of benzene rings is 1. The van der Waals surface area contributed by atoms with E-state index in [-0.39, 0.29) is 45.4 Å². The van der Waals surface area contributed by atoms with Crippen LogP contribution in [0.1, 0.15) is 56.2 Å². The van der Waals surface area contributed by atoms with Crippen LogP contribution in [-0.2, 0) is 18.9 Å². The molecule has 244 valence electrons. The van der Waals surface area contributed by atoms with E-state index >= 15 is 0 Å². The average Bonchev–Trinajstić information content (AvgIpc) is 3.52. The van der Waals surface area contributed by atoms with E-state index in [0.717, 1.165) is 17.5 Å². The van der Waals surface area contributed by atoms with E-state index in [2.05, 4.69) is 25.7 Å². The van der Waals surface area contributed by atoms with Gasteiger partial charge in [0, 0.05) is 29.7 Å². The highest BCUT2D eigenvalue weighted by atomic mass is 35.5. The van der Waals surface area contributed by atoms with E-state index < -0.39 is 42.0 Å². The van der Waals surface area contributed by atoms with Crippen LogP contribution in [0.4, 0.5) is 30.7 Å². The molecule has 3 aromatic heterocycles. The van der Waals surface area contributed by atoms with Crippen molar-refractivity contribution in [3.05, 3.63) is 86.5 Å². The summed E-state index contributed by atoms with van der Waals surface area (Å²) in [6.45, 7) is 1.56. The largest absolute Gasteiger partial charge is 0.460 e. The quantitative estimate of drug-likeness (QED) is 0.145. The predicted molar refractivity (Wildman–Crippen MR) is 150 cm³/mol. The summed E-state index contributed by atoms with van der Waals surface area (Å²) < 4.78 is 95.0. The van der Waals surface area contributed by atoms with Gasteiger partial charge in [-0.3, -0.25) is 9.59 Å². The molecule has 1 aromatic carbocycles. The fraction of sp³-hybridized carbons (Fsp3) is 0.357. The molecule has 0 unspecified atom stereocenters. The van der Waals surface area contributed by atoms with Gasteiger partial charge in [0.2, 0.25) is 0 Å². The number of aryl methyl sites for hydroxylation is 1. The summed E-state index contributed by atoms with van der Waals surface area (Å²) in [5.74, 6) is -12.8. The molecule has 9 nitrogen and oxygen atoms in total. The summed E-state index contributed by atoms with van der Waals surface area (Å²) >= 11 is 12.5. The molecule has 46 heavy (non-hydrogen) atoms. The summed E-state index contributed by atoms with van der Waals surface area (Å²) in [6, 6.07) is 7.21. The molecular weight excluding hydrogens is 670 g/mol. The van der Waals surface area contributed by atoms with Gasteiger partial charge in [-0.1, -0.05) is 28.4 Å². The average molecular weight is 692 g/mol. The number of carbonyl (C=O) groups is 2. The normalized spacial score (nSPS) is 14.0. The smallest absolute Gasteiger partial charge is 0.352 e. The molecular formula is C28H22Cl2F7N7O2. The Bertz CT molecular complexity index is 1800. The Kier molecular flexibility index (Phi) is 8.90. The Morgan fingerprint density at radius 3 is 2.43 bits per heavy atom. The van der Waals surface area contributed by atoms with Gasteiger partial charge >= 0.3 is 18.0 Å². The molecule has 0 saturated heterocycles. The van der Waals surface area contributed by atoms with Gasteiger partial charge in [0.25, 0.3) is 5.91 Å². The Morgan fingerprint density at radius 1 is 1.07 bits per heavy atom. The monoisotopic (exact) mass is 691 g/mol. The van der Waals surface area contributed by atoms with Crippen molar-refractivity contribution in [1.29, 1.82) is 0 Å². The third kappa shape index (κ3) is 6.58. The molecule has 0 spiro atoms. The van der Waals surface area contributed by atoms with Crippen LogP contribution in [0.3, 0.4) is 0 Å². The number of ketones is 1. The van der Waals surface area contributed by atoms with Crippen LogP contribution in [0.5, 0.6) is 0 Å². The lowest BCUT2D eigenvalue weighted by atomic mass is 9.95. The van der Waals surface area contributed by atoms with Crippen LogP contribution in [0, 0.1) is 12.8 Å². The van der Waals surface area contributed by atoms with Gasteiger partial charge in [-0.05, 0) is 67.1 Å². The Morgan fingerprint density at radius 2 is 1.78 bits per heavy atom. The summed E-state index contributed by atoms with van der Waals surface area (Å²) in [7, 11) is 0. The van der Waals surface area contributed by atoms with Gasteiger partial charge in [-0.15, -0.1) is 5.10 Å². The predicted octanol–water partition coefficient (Wildman–Crippen LogP) is 6.38. The van der Waals surface area contributed by atoms with Crippen LogP contribution in [0.2, 0.25) is 10.0 Å². The lowest BCUT2D eigenvalue weighted by Crippen LogP contribution is -2.50. The third-order valence-corrected chi connectivity index (χ3v) is 7.70.